The SMILES string of the molecule is O=C(c1ccc2ccccc2c1)N1C(c2ccccc2P(C2CCCCC2)C2CCCCC2)=N[C@@H](c2ccccc2)[C@@H]1c1ccccc1. The molecule has 3 aliphatic rings. The minimum Gasteiger partial charge on any atom is -0.282 e. The van der Waals surface area contributed by atoms with E-state index in [1.807, 2.05) is 12.1 Å². The number of nitrogens with zero attached hydrogens (tertiary/aromatic N) is 2. The zero-order valence-corrected chi connectivity index (χ0v) is 28.6. The highest BCUT2D eigenvalue weighted by Gasteiger charge is 2.44. The van der Waals surface area contributed by atoms with E-state index in [0.29, 0.717) is 5.56 Å². The van der Waals surface area contributed by atoms with Gasteiger partial charge in [0, 0.05) is 11.1 Å². The summed E-state index contributed by atoms with van der Waals surface area (Å²) in [4.78, 5) is 22.9. The Balaban J connectivity index is 1.31. The largest absolute Gasteiger partial charge is 0.282 e. The van der Waals surface area contributed by atoms with Gasteiger partial charge in [0.25, 0.3) is 5.91 Å². The van der Waals surface area contributed by atoms with Crippen LogP contribution < -0.4 is 5.30 Å². The van der Waals surface area contributed by atoms with E-state index in [0.717, 1.165) is 39.1 Å². The lowest BCUT2D eigenvalue weighted by Gasteiger charge is -2.40. The molecule has 0 bridgehead atoms. The van der Waals surface area contributed by atoms with Crippen LogP contribution in [0.15, 0.2) is 132 Å². The van der Waals surface area contributed by atoms with Crippen LogP contribution in [0.25, 0.3) is 10.8 Å². The van der Waals surface area contributed by atoms with Crippen LogP contribution in [0.3, 0.4) is 0 Å². The Morgan fingerprint density at radius 2 is 1.15 bits per heavy atom. The smallest absolute Gasteiger partial charge is 0.260 e. The molecule has 2 aliphatic carbocycles. The number of carbonyl (C=O) groups is 1. The third-order valence-corrected chi connectivity index (χ3v) is 14.5. The van der Waals surface area contributed by atoms with Gasteiger partial charge in [0.1, 0.15) is 11.9 Å². The molecule has 0 spiro atoms. The van der Waals surface area contributed by atoms with E-state index in [9.17, 15) is 0 Å². The molecule has 1 amide bonds. The van der Waals surface area contributed by atoms with E-state index in [2.05, 4.69) is 120 Å². The summed E-state index contributed by atoms with van der Waals surface area (Å²) in [5.41, 5.74) is 5.62. The van der Waals surface area contributed by atoms with Crippen LogP contribution in [0.2, 0.25) is 0 Å². The minimum atomic E-state index is -0.401. The summed E-state index contributed by atoms with van der Waals surface area (Å²) >= 11 is 0. The third-order valence-electron chi connectivity index (χ3n) is 10.9. The van der Waals surface area contributed by atoms with Gasteiger partial charge in [0.15, 0.2) is 0 Å². The molecule has 48 heavy (non-hydrogen) atoms. The number of rotatable bonds is 7. The fourth-order valence-corrected chi connectivity index (χ4v) is 12.5. The second-order valence-corrected chi connectivity index (χ2v) is 16.7. The highest BCUT2D eigenvalue weighted by Crippen LogP contribution is 2.56. The monoisotopic (exact) mass is 648 g/mol. The molecule has 2 atom stereocenters. The predicted octanol–water partition coefficient (Wildman–Crippen LogP) is 11.0. The zero-order chi connectivity index (χ0) is 32.3. The Morgan fingerprint density at radius 1 is 0.583 bits per heavy atom. The molecule has 242 valence electrons. The summed E-state index contributed by atoms with van der Waals surface area (Å²) in [5.74, 6) is 0.854. The van der Waals surface area contributed by atoms with Crippen LogP contribution in [-0.4, -0.2) is 28.0 Å². The maximum atomic E-state index is 15.2. The first-order valence-corrected chi connectivity index (χ1v) is 19.6. The highest BCUT2D eigenvalue weighted by molar-refractivity contribution is 7.67. The number of aliphatic imine (C=N–C) groups is 1. The number of amides is 1. The summed E-state index contributed by atoms with van der Waals surface area (Å²) in [6.07, 6.45) is 13.5. The molecule has 0 unspecified atom stereocenters. The van der Waals surface area contributed by atoms with Gasteiger partial charge in [-0.05, 0) is 76.3 Å². The number of carbonyl (C=O) groups excluding carboxylic acids is 1. The summed E-state index contributed by atoms with van der Waals surface area (Å²) < 4.78 is 0. The molecule has 0 N–H and O–H groups in total. The number of hydrogen-bond acceptors (Lipinski definition) is 2. The topological polar surface area (TPSA) is 32.7 Å². The molecule has 0 aromatic heterocycles. The lowest BCUT2D eigenvalue weighted by Crippen LogP contribution is -2.40. The quantitative estimate of drug-likeness (QED) is 0.162. The van der Waals surface area contributed by atoms with Crippen molar-refractivity contribution in [1.29, 1.82) is 0 Å². The van der Waals surface area contributed by atoms with Crippen LogP contribution in [0, 0.1) is 0 Å². The van der Waals surface area contributed by atoms with Crippen molar-refractivity contribution < 1.29 is 4.79 Å². The van der Waals surface area contributed by atoms with Gasteiger partial charge in [-0.15, -0.1) is 0 Å². The molecule has 2 saturated carbocycles. The first kappa shape index (κ1) is 31.2. The first-order valence-electron chi connectivity index (χ1n) is 18.1. The molecule has 0 radical (unpaired) electrons. The lowest BCUT2D eigenvalue weighted by molar-refractivity contribution is 0.0805. The molecule has 8 rings (SSSR count). The van der Waals surface area contributed by atoms with Gasteiger partial charge in [-0.2, -0.15) is 0 Å². The summed E-state index contributed by atoms with van der Waals surface area (Å²) in [6, 6.07) is 44.3. The Bertz CT molecular complexity index is 1870. The number of amidine groups is 1. The molecule has 3 nitrogen and oxygen atoms in total. The summed E-state index contributed by atoms with van der Waals surface area (Å²) in [5, 5.41) is 3.69. The average Bonchev–Trinajstić information content (AvgIpc) is 3.57. The van der Waals surface area contributed by atoms with Crippen molar-refractivity contribution in [3.8, 4) is 0 Å². The number of benzene rings is 5. The molecule has 0 saturated heterocycles. The van der Waals surface area contributed by atoms with Crippen LogP contribution in [0.4, 0.5) is 0 Å². The van der Waals surface area contributed by atoms with Crippen LogP contribution in [0.5, 0.6) is 0 Å². The molecular formula is C44H45N2OP. The maximum Gasteiger partial charge on any atom is 0.260 e. The summed E-state index contributed by atoms with van der Waals surface area (Å²) in [7, 11) is -0.401. The van der Waals surface area contributed by atoms with E-state index >= 15 is 4.79 Å². The average molecular weight is 649 g/mol. The van der Waals surface area contributed by atoms with Crippen molar-refractivity contribution in [3.63, 3.8) is 0 Å². The van der Waals surface area contributed by atoms with Crippen molar-refractivity contribution >= 4 is 35.7 Å². The van der Waals surface area contributed by atoms with Gasteiger partial charge < -0.3 is 0 Å². The molecule has 4 heteroatoms. The second-order valence-electron chi connectivity index (χ2n) is 13.9. The van der Waals surface area contributed by atoms with Crippen molar-refractivity contribution in [2.24, 2.45) is 4.99 Å². The van der Waals surface area contributed by atoms with Gasteiger partial charge in [0.05, 0.1) is 6.04 Å². The standard InChI is InChI=1S/C44H45N2OP/c47-44(36-30-29-32-17-13-14-22-35(32)31-36)46-42(34-20-7-2-8-21-34)41(33-18-5-1-6-19-33)45-43(46)39-27-15-16-28-40(39)48(37-23-9-3-10-24-37)38-25-11-4-12-26-38/h1-2,5-8,13-22,27-31,37-38,41-42H,3-4,9-12,23-26H2/t41-,42-/m0/s1. The predicted molar refractivity (Wildman–Crippen MR) is 202 cm³/mol. The lowest BCUT2D eigenvalue weighted by atomic mass is 9.93. The molecule has 5 aromatic rings. The molecule has 5 aromatic carbocycles. The van der Waals surface area contributed by atoms with E-state index in [-0.39, 0.29) is 18.0 Å². The number of hydrogen-bond donors (Lipinski definition) is 0. The van der Waals surface area contributed by atoms with E-state index < -0.39 is 7.92 Å². The molecule has 1 heterocycles. The minimum absolute atomic E-state index is 0.0150. The molecule has 1 aliphatic heterocycles. The van der Waals surface area contributed by atoms with Crippen LogP contribution >= 0.6 is 7.92 Å². The normalized spacial score (nSPS) is 20.7. The molecular weight excluding hydrogens is 603 g/mol. The highest BCUT2D eigenvalue weighted by atomic mass is 31.1. The second kappa shape index (κ2) is 14.2. The van der Waals surface area contributed by atoms with Gasteiger partial charge in [-0.3, -0.25) is 14.7 Å². The van der Waals surface area contributed by atoms with Crippen molar-refractivity contribution in [2.45, 2.75) is 87.6 Å². The Morgan fingerprint density at radius 3 is 1.81 bits per heavy atom. The van der Waals surface area contributed by atoms with Crippen molar-refractivity contribution in [2.75, 3.05) is 0 Å². The van der Waals surface area contributed by atoms with Crippen LogP contribution in [-0.2, 0) is 0 Å². The fourth-order valence-electron chi connectivity index (χ4n) is 8.61. The Hall–Kier alpha value is -4.07. The Kier molecular flexibility index (Phi) is 9.23. The van der Waals surface area contributed by atoms with Gasteiger partial charge in [-0.1, -0.05) is 162 Å². The maximum absolute atomic E-state index is 15.2. The van der Waals surface area contributed by atoms with Crippen LogP contribution in [0.1, 0.15) is 103 Å². The van der Waals surface area contributed by atoms with E-state index in [4.69, 9.17) is 4.99 Å². The van der Waals surface area contributed by atoms with Gasteiger partial charge in [-0.25, -0.2) is 0 Å². The number of fused-ring (bicyclic) bond motifs is 1. The van der Waals surface area contributed by atoms with Crippen molar-refractivity contribution in [1.82, 2.24) is 4.90 Å². The van der Waals surface area contributed by atoms with E-state index in [1.54, 1.807) is 0 Å². The van der Waals surface area contributed by atoms with Gasteiger partial charge in [0.2, 0.25) is 0 Å². The third kappa shape index (κ3) is 6.14. The zero-order valence-electron chi connectivity index (χ0n) is 27.8. The van der Waals surface area contributed by atoms with Crippen molar-refractivity contribution in [3.05, 3.63) is 150 Å². The fraction of sp³-hybridized carbons (Fsp3) is 0.318. The van der Waals surface area contributed by atoms with Gasteiger partial charge >= 0.3 is 0 Å². The first-order chi connectivity index (χ1) is 23.8. The molecule has 2 fully saturated rings. The Labute approximate surface area is 286 Å². The van der Waals surface area contributed by atoms with E-state index in [1.165, 1.54) is 75.1 Å². The summed E-state index contributed by atoms with van der Waals surface area (Å²) in [6.45, 7) is 0.